The van der Waals surface area contributed by atoms with E-state index in [2.05, 4.69) is 5.32 Å². The molecule has 0 fully saturated rings. The number of benzene rings is 3. The molecule has 25 heavy (non-hydrogen) atoms. The lowest BCUT2D eigenvalue weighted by Gasteiger charge is -2.13. The van der Waals surface area contributed by atoms with Gasteiger partial charge in [0.05, 0.1) is 17.1 Å². The topological polar surface area (TPSA) is 38.3 Å². The minimum Gasteiger partial charge on any atom is -0.454 e. The first-order valence-corrected chi connectivity index (χ1v) is 8.05. The van der Waals surface area contributed by atoms with Crippen LogP contribution < -0.4 is 10.1 Å². The number of nitrogens with one attached hydrogen (secondary N) is 1. The van der Waals surface area contributed by atoms with Crippen LogP contribution in [0.1, 0.15) is 5.56 Å². The summed E-state index contributed by atoms with van der Waals surface area (Å²) < 4.78 is 18.7. The van der Waals surface area contributed by atoms with Crippen LogP contribution in [0.2, 0.25) is 5.02 Å². The van der Waals surface area contributed by atoms with E-state index in [9.17, 15) is 9.18 Å². The van der Waals surface area contributed by atoms with Gasteiger partial charge in [0.2, 0.25) is 5.91 Å². The van der Waals surface area contributed by atoms with Crippen molar-refractivity contribution in [2.45, 2.75) is 6.42 Å². The molecule has 3 aromatic rings. The van der Waals surface area contributed by atoms with E-state index in [1.165, 1.54) is 12.1 Å². The number of carbonyl (C=O) groups excluding carboxylic acids is 1. The molecule has 5 heteroatoms. The smallest absolute Gasteiger partial charge is 0.228 e. The van der Waals surface area contributed by atoms with Gasteiger partial charge in [0.15, 0.2) is 5.75 Å². The molecule has 126 valence electrons. The number of anilines is 1. The quantitative estimate of drug-likeness (QED) is 0.660. The number of halogens is 2. The molecule has 0 aromatic heterocycles. The number of hydrogen-bond acceptors (Lipinski definition) is 2. The van der Waals surface area contributed by atoms with Crippen molar-refractivity contribution < 1.29 is 13.9 Å². The predicted octanol–water partition coefficient (Wildman–Crippen LogP) is 5.45. The van der Waals surface area contributed by atoms with Gasteiger partial charge in [0, 0.05) is 0 Å². The molecule has 3 nitrogen and oxygen atoms in total. The van der Waals surface area contributed by atoms with E-state index < -0.39 is 0 Å². The molecular weight excluding hydrogens is 341 g/mol. The molecule has 0 atom stereocenters. The first-order chi connectivity index (χ1) is 12.1. The molecule has 0 saturated heterocycles. The average molecular weight is 356 g/mol. The third-order valence-electron chi connectivity index (χ3n) is 3.50. The molecule has 1 amide bonds. The number of ether oxygens (including phenoxy) is 1. The zero-order valence-corrected chi connectivity index (χ0v) is 14.0. The zero-order chi connectivity index (χ0) is 17.6. The maximum Gasteiger partial charge on any atom is 0.228 e. The van der Waals surface area contributed by atoms with E-state index in [0.29, 0.717) is 22.2 Å². The summed E-state index contributed by atoms with van der Waals surface area (Å²) >= 11 is 6.11. The maximum atomic E-state index is 12.9. The number of para-hydroxylation sites is 3. The molecule has 1 N–H and O–H groups in total. The third-order valence-corrected chi connectivity index (χ3v) is 3.81. The second-order valence-electron chi connectivity index (χ2n) is 5.38. The molecule has 0 unspecified atom stereocenters. The van der Waals surface area contributed by atoms with Crippen LogP contribution >= 0.6 is 11.6 Å². The van der Waals surface area contributed by atoms with Gasteiger partial charge in [0.1, 0.15) is 11.6 Å². The average Bonchev–Trinajstić information content (AvgIpc) is 2.60. The minimum absolute atomic E-state index is 0.140. The fourth-order valence-electron chi connectivity index (χ4n) is 2.29. The Hall–Kier alpha value is -2.85. The van der Waals surface area contributed by atoms with E-state index in [1.807, 2.05) is 18.2 Å². The van der Waals surface area contributed by atoms with Gasteiger partial charge < -0.3 is 10.1 Å². The highest BCUT2D eigenvalue weighted by Gasteiger charge is 2.10. The summed E-state index contributed by atoms with van der Waals surface area (Å²) in [5.74, 6) is 0.442. The van der Waals surface area contributed by atoms with Crippen molar-refractivity contribution in [1.82, 2.24) is 0 Å². The highest BCUT2D eigenvalue weighted by Crippen LogP contribution is 2.33. The molecule has 0 aliphatic carbocycles. The van der Waals surface area contributed by atoms with Crippen LogP contribution in [-0.4, -0.2) is 5.91 Å². The van der Waals surface area contributed by atoms with E-state index in [4.69, 9.17) is 16.3 Å². The number of carbonyl (C=O) groups is 1. The van der Waals surface area contributed by atoms with Crippen molar-refractivity contribution in [2.24, 2.45) is 0 Å². The molecule has 3 aromatic carbocycles. The van der Waals surface area contributed by atoms with Crippen LogP contribution in [0.3, 0.4) is 0 Å². The first kappa shape index (κ1) is 17.0. The first-order valence-electron chi connectivity index (χ1n) is 7.67. The lowest BCUT2D eigenvalue weighted by Crippen LogP contribution is -2.14. The predicted molar refractivity (Wildman–Crippen MR) is 96.7 cm³/mol. The Kier molecular flexibility index (Phi) is 5.31. The molecule has 0 saturated carbocycles. The van der Waals surface area contributed by atoms with E-state index in [1.54, 1.807) is 42.5 Å². The highest BCUT2D eigenvalue weighted by atomic mass is 35.5. The summed E-state index contributed by atoms with van der Waals surface area (Å²) in [5, 5.41) is 3.29. The summed E-state index contributed by atoms with van der Waals surface area (Å²) in [6.45, 7) is 0. The van der Waals surface area contributed by atoms with Gasteiger partial charge in [-0.2, -0.15) is 0 Å². The van der Waals surface area contributed by atoms with Crippen LogP contribution in [0.4, 0.5) is 10.1 Å². The third kappa shape index (κ3) is 4.58. The standard InChI is InChI=1S/C20H15ClFNO2/c21-16-5-1-3-7-18(16)25-19-8-4-2-6-17(19)23-20(24)13-14-9-11-15(22)12-10-14/h1-12H,13H2,(H,23,24). The summed E-state index contributed by atoms with van der Waals surface area (Å²) in [6, 6.07) is 20.0. The molecule has 3 rings (SSSR count). The fraction of sp³-hybridized carbons (Fsp3) is 0.0500. The van der Waals surface area contributed by atoms with Crippen LogP contribution in [0.15, 0.2) is 72.8 Å². The second kappa shape index (κ2) is 7.81. The highest BCUT2D eigenvalue weighted by molar-refractivity contribution is 6.32. The molecule has 0 radical (unpaired) electrons. The Morgan fingerprint density at radius 2 is 1.56 bits per heavy atom. The Morgan fingerprint density at radius 1 is 0.920 bits per heavy atom. The van der Waals surface area contributed by atoms with E-state index in [0.717, 1.165) is 5.56 Å². The monoisotopic (exact) mass is 355 g/mol. The van der Waals surface area contributed by atoms with Crippen molar-refractivity contribution in [1.29, 1.82) is 0 Å². The van der Waals surface area contributed by atoms with Crippen molar-refractivity contribution >= 4 is 23.2 Å². The molecule has 0 aliphatic rings. The molecule has 0 bridgehead atoms. The van der Waals surface area contributed by atoms with Gasteiger partial charge >= 0.3 is 0 Å². The largest absolute Gasteiger partial charge is 0.454 e. The van der Waals surface area contributed by atoms with Crippen LogP contribution in [0, 0.1) is 5.82 Å². The van der Waals surface area contributed by atoms with Gasteiger partial charge in [-0.15, -0.1) is 0 Å². The number of hydrogen-bond donors (Lipinski definition) is 1. The SMILES string of the molecule is O=C(Cc1ccc(F)cc1)Nc1ccccc1Oc1ccccc1Cl. The zero-order valence-electron chi connectivity index (χ0n) is 13.2. The van der Waals surface area contributed by atoms with Gasteiger partial charge in [-0.25, -0.2) is 4.39 Å². The normalized spacial score (nSPS) is 10.3. The Bertz CT molecular complexity index is 881. The van der Waals surface area contributed by atoms with Gasteiger partial charge in [-0.3, -0.25) is 4.79 Å². The summed E-state index contributed by atoms with van der Waals surface area (Å²) in [6.07, 6.45) is 0.140. The van der Waals surface area contributed by atoms with Crippen molar-refractivity contribution in [3.05, 3.63) is 89.2 Å². The summed E-state index contributed by atoms with van der Waals surface area (Å²) in [7, 11) is 0. The number of amides is 1. The Balaban J connectivity index is 1.73. The lowest BCUT2D eigenvalue weighted by atomic mass is 10.1. The van der Waals surface area contributed by atoms with Crippen LogP contribution in [0.25, 0.3) is 0 Å². The van der Waals surface area contributed by atoms with Gasteiger partial charge in [-0.05, 0) is 42.0 Å². The molecular formula is C20H15ClFNO2. The Morgan fingerprint density at radius 3 is 2.28 bits per heavy atom. The summed E-state index contributed by atoms with van der Waals surface area (Å²) in [4.78, 5) is 12.3. The van der Waals surface area contributed by atoms with E-state index in [-0.39, 0.29) is 18.1 Å². The van der Waals surface area contributed by atoms with Crippen LogP contribution in [-0.2, 0) is 11.2 Å². The summed E-state index contributed by atoms with van der Waals surface area (Å²) in [5.41, 5.74) is 1.26. The van der Waals surface area contributed by atoms with Crippen LogP contribution in [0.5, 0.6) is 11.5 Å². The molecule has 0 heterocycles. The minimum atomic E-state index is -0.331. The molecule has 0 spiro atoms. The van der Waals surface area contributed by atoms with Crippen molar-refractivity contribution in [3.8, 4) is 11.5 Å². The van der Waals surface area contributed by atoms with Gasteiger partial charge in [0.25, 0.3) is 0 Å². The van der Waals surface area contributed by atoms with Gasteiger partial charge in [-0.1, -0.05) is 48.0 Å². The van der Waals surface area contributed by atoms with E-state index >= 15 is 0 Å². The number of rotatable bonds is 5. The van der Waals surface area contributed by atoms with Crippen molar-refractivity contribution in [3.63, 3.8) is 0 Å². The lowest BCUT2D eigenvalue weighted by molar-refractivity contribution is -0.115. The second-order valence-corrected chi connectivity index (χ2v) is 5.79. The molecule has 0 aliphatic heterocycles. The maximum absolute atomic E-state index is 12.9. The van der Waals surface area contributed by atoms with Crippen molar-refractivity contribution in [2.75, 3.05) is 5.32 Å². The fourth-order valence-corrected chi connectivity index (χ4v) is 2.46. The Labute approximate surface area is 150 Å².